The van der Waals surface area contributed by atoms with Crippen molar-refractivity contribution in [1.29, 1.82) is 0 Å². The lowest BCUT2D eigenvalue weighted by atomic mass is 9.89. The van der Waals surface area contributed by atoms with Gasteiger partial charge in [-0.25, -0.2) is 0 Å². The minimum absolute atomic E-state index is 0.0321. The van der Waals surface area contributed by atoms with Gasteiger partial charge < -0.3 is 9.80 Å². The molecule has 0 radical (unpaired) electrons. The number of para-hydroxylation sites is 1. The third-order valence-electron chi connectivity index (χ3n) is 6.02. The van der Waals surface area contributed by atoms with Crippen LogP contribution in [0.4, 0.5) is 17.1 Å². The predicted molar refractivity (Wildman–Crippen MR) is 127 cm³/mol. The molecule has 2 amide bonds. The molecule has 0 fully saturated rings. The zero-order chi connectivity index (χ0) is 23.5. The Hall–Kier alpha value is -4.00. The molecule has 2 atom stereocenters. The first-order chi connectivity index (χ1) is 15.9. The van der Waals surface area contributed by atoms with Crippen LogP contribution in [0.25, 0.3) is 0 Å². The molecule has 7 heteroatoms. The summed E-state index contributed by atoms with van der Waals surface area (Å²) in [6, 6.07) is 22.2. The summed E-state index contributed by atoms with van der Waals surface area (Å²) in [5.74, 6) is -0.170. The van der Waals surface area contributed by atoms with E-state index in [1.165, 1.54) is 12.1 Å². The molecule has 3 aromatic rings. The van der Waals surface area contributed by atoms with Crippen molar-refractivity contribution in [2.75, 3.05) is 9.80 Å². The van der Waals surface area contributed by atoms with Crippen molar-refractivity contribution in [2.24, 2.45) is 0 Å². The van der Waals surface area contributed by atoms with Crippen LogP contribution in [-0.2, 0) is 4.79 Å². The maximum atomic E-state index is 13.8. The van der Waals surface area contributed by atoms with Gasteiger partial charge in [0.05, 0.1) is 11.0 Å². The number of fused-ring (bicyclic) bond motifs is 1. The van der Waals surface area contributed by atoms with Crippen LogP contribution in [0.5, 0.6) is 0 Å². The first kappa shape index (κ1) is 22.2. The largest absolute Gasteiger partial charge is 0.309 e. The van der Waals surface area contributed by atoms with Crippen LogP contribution in [0.15, 0.2) is 78.9 Å². The van der Waals surface area contributed by atoms with Gasteiger partial charge >= 0.3 is 0 Å². The van der Waals surface area contributed by atoms with Crippen molar-refractivity contribution in [2.45, 2.75) is 38.8 Å². The Morgan fingerprint density at radius 2 is 1.64 bits per heavy atom. The summed E-state index contributed by atoms with van der Waals surface area (Å²) >= 11 is 0. The summed E-state index contributed by atoms with van der Waals surface area (Å²) in [4.78, 5) is 40.7. The van der Waals surface area contributed by atoms with E-state index in [2.05, 4.69) is 0 Å². The molecule has 3 aromatic carbocycles. The summed E-state index contributed by atoms with van der Waals surface area (Å²) in [5, 5.41) is 11.2. The summed E-state index contributed by atoms with van der Waals surface area (Å²) in [5.41, 5.74) is 2.72. The summed E-state index contributed by atoms with van der Waals surface area (Å²) in [6.45, 7) is 3.82. The third kappa shape index (κ3) is 4.22. The van der Waals surface area contributed by atoms with Crippen molar-refractivity contribution < 1.29 is 14.5 Å². The highest BCUT2D eigenvalue weighted by Crippen LogP contribution is 2.43. The number of carbonyl (C=O) groups excluding carboxylic acids is 2. The first-order valence-corrected chi connectivity index (χ1v) is 11.0. The zero-order valence-electron chi connectivity index (χ0n) is 18.5. The van der Waals surface area contributed by atoms with Crippen LogP contribution in [0.2, 0.25) is 0 Å². The molecule has 0 spiro atoms. The fraction of sp³-hybridized carbons (Fsp3) is 0.231. The molecular weight excluding hydrogens is 418 g/mol. The van der Waals surface area contributed by atoms with E-state index >= 15 is 0 Å². The van der Waals surface area contributed by atoms with E-state index in [-0.39, 0.29) is 29.6 Å². The minimum atomic E-state index is -0.459. The molecule has 0 saturated heterocycles. The molecule has 1 aliphatic rings. The molecule has 1 heterocycles. The number of benzene rings is 3. The molecule has 1 aliphatic heterocycles. The Kier molecular flexibility index (Phi) is 6.22. The summed E-state index contributed by atoms with van der Waals surface area (Å²) < 4.78 is 0. The Balaban J connectivity index is 1.85. The maximum Gasteiger partial charge on any atom is 0.269 e. The second-order valence-electron chi connectivity index (χ2n) is 8.09. The lowest BCUT2D eigenvalue weighted by molar-refractivity contribution is -0.384. The van der Waals surface area contributed by atoms with Crippen molar-refractivity contribution >= 4 is 28.9 Å². The highest BCUT2D eigenvalue weighted by molar-refractivity contribution is 6.07. The van der Waals surface area contributed by atoms with Crippen LogP contribution >= 0.6 is 0 Å². The predicted octanol–water partition coefficient (Wildman–Crippen LogP) is 5.52. The first-order valence-electron chi connectivity index (χ1n) is 11.0. The van der Waals surface area contributed by atoms with Crippen LogP contribution < -0.4 is 9.80 Å². The Morgan fingerprint density at radius 3 is 2.27 bits per heavy atom. The standard InChI is InChI=1S/C26H25N3O4/c1-3-25(30)27-18(2)17-24(22-11-7-8-12-23(22)27)28(26(31)19-9-5-4-6-10-19)20-13-15-21(16-14-20)29(32)33/h4-16,18,24H,3,17H2,1-2H3. The van der Waals surface area contributed by atoms with Crippen LogP contribution in [0.3, 0.4) is 0 Å². The van der Waals surface area contributed by atoms with E-state index < -0.39 is 4.92 Å². The zero-order valence-corrected chi connectivity index (χ0v) is 18.5. The quantitative estimate of drug-likeness (QED) is 0.384. The van der Waals surface area contributed by atoms with E-state index in [0.29, 0.717) is 24.1 Å². The van der Waals surface area contributed by atoms with Crippen molar-refractivity contribution in [3.63, 3.8) is 0 Å². The van der Waals surface area contributed by atoms with Gasteiger partial charge in [0, 0.05) is 41.5 Å². The van der Waals surface area contributed by atoms with Crippen molar-refractivity contribution in [1.82, 2.24) is 0 Å². The Labute approximate surface area is 192 Å². The molecule has 33 heavy (non-hydrogen) atoms. The third-order valence-corrected chi connectivity index (χ3v) is 6.02. The van der Waals surface area contributed by atoms with Gasteiger partial charge in [-0.3, -0.25) is 19.7 Å². The monoisotopic (exact) mass is 443 g/mol. The average Bonchev–Trinajstić information content (AvgIpc) is 2.84. The lowest BCUT2D eigenvalue weighted by Gasteiger charge is -2.43. The SMILES string of the molecule is CCC(=O)N1c2ccccc2C(N(C(=O)c2ccccc2)c2ccc([N+](=O)[O-])cc2)CC1C. The van der Waals surface area contributed by atoms with Crippen molar-refractivity contribution in [3.05, 3.63) is 100 Å². The second kappa shape index (κ2) is 9.24. The maximum absolute atomic E-state index is 13.8. The molecule has 2 unspecified atom stereocenters. The molecule has 7 nitrogen and oxygen atoms in total. The number of hydrogen-bond donors (Lipinski definition) is 0. The smallest absolute Gasteiger partial charge is 0.269 e. The van der Waals surface area contributed by atoms with Crippen molar-refractivity contribution in [3.8, 4) is 0 Å². The second-order valence-corrected chi connectivity index (χ2v) is 8.09. The number of carbonyl (C=O) groups is 2. The molecule has 0 aromatic heterocycles. The van der Waals surface area contributed by atoms with Gasteiger partial charge in [-0.1, -0.05) is 43.3 Å². The van der Waals surface area contributed by atoms with Crippen LogP contribution in [0, 0.1) is 10.1 Å². The van der Waals surface area contributed by atoms with E-state index in [1.54, 1.807) is 41.3 Å². The number of rotatable bonds is 5. The highest BCUT2D eigenvalue weighted by atomic mass is 16.6. The van der Waals surface area contributed by atoms with Gasteiger partial charge in [0.2, 0.25) is 5.91 Å². The van der Waals surface area contributed by atoms with E-state index in [4.69, 9.17) is 0 Å². The number of anilines is 2. The topological polar surface area (TPSA) is 83.8 Å². The average molecular weight is 444 g/mol. The fourth-order valence-corrected chi connectivity index (χ4v) is 4.47. The highest BCUT2D eigenvalue weighted by Gasteiger charge is 2.38. The van der Waals surface area contributed by atoms with Gasteiger partial charge in [-0.05, 0) is 49.2 Å². The molecule has 0 saturated carbocycles. The minimum Gasteiger partial charge on any atom is -0.309 e. The Bertz CT molecular complexity index is 1180. The van der Waals surface area contributed by atoms with E-state index in [0.717, 1.165) is 11.3 Å². The number of nitro groups is 1. The fourth-order valence-electron chi connectivity index (χ4n) is 4.47. The van der Waals surface area contributed by atoms with Gasteiger partial charge in [0.15, 0.2) is 0 Å². The van der Waals surface area contributed by atoms with Crippen LogP contribution in [0.1, 0.15) is 48.7 Å². The van der Waals surface area contributed by atoms with Gasteiger partial charge in [-0.2, -0.15) is 0 Å². The normalized spacial score (nSPS) is 17.2. The number of nitrogens with zero attached hydrogens (tertiary/aromatic N) is 3. The molecular formula is C26H25N3O4. The summed E-state index contributed by atoms with van der Waals surface area (Å²) in [7, 11) is 0. The number of amides is 2. The molecule has 168 valence electrons. The van der Waals surface area contributed by atoms with Gasteiger partial charge in [0.25, 0.3) is 11.6 Å². The van der Waals surface area contributed by atoms with Gasteiger partial charge in [0.1, 0.15) is 0 Å². The molecule has 4 rings (SSSR count). The number of hydrogen-bond acceptors (Lipinski definition) is 4. The molecule has 0 bridgehead atoms. The number of nitro benzene ring substituents is 1. The van der Waals surface area contributed by atoms with Gasteiger partial charge in [-0.15, -0.1) is 0 Å². The molecule has 0 N–H and O–H groups in total. The van der Waals surface area contributed by atoms with E-state index in [9.17, 15) is 19.7 Å². The number of non-ortho nitro benzene ring substituents is 1. The van der Waals surface area contributed by atoms with E-state index in [1.807, 2.05) is 49.1 Å². The van der Waals surface area contributed by atoms with Crippen LogP contribution in [-0.4, -0.2) is 22.8 Å². The molecule has 0 aliphatic carbocycles. The Morgan fingerprint density at radius 1 is 1.00 bits per heavy atom. The lowest BCUT2D eigenvalue weighted by Crippen LogP contribution is -2.47. The summed E-state index contributed by atoms with van der Waals surface area (Å²) in [6.07, 6.45) is 0.927.